The first-order chi connectivity index (χ1) is 5.43. The first kappa shape index (κ1) is 9.42. The minimum Gasteiger partial charge on any atom is -0.335 e. The van der Waals surface area contributed by atoms with Gasteiger partial charge in [-0.1, -0.05) is 0 Å². The van der Waals surface area contributed by atoms with Crippen LogP contribution in [0.5, 0.6) is 0 Å². The smallest absolute Gasteiger partial charge is 0.322 e. The molecular weight excluding hydrogens is 164 g/mol. The van der Waals surface area contributed by atoms with Crippen LogP contribution >= 0.6 is 0 Å². The molecule has 2 nitrogen and oxygen atoms in total. The molecule has 1 amide bonds. The van der Waals surface area contributed by atoms with Gasteiger partial charge in [0, 0.05) is 19.5 Å². The zero-order valence-corrected chi connectivity index (χ0v) is 7.31. The molecule has 1 aliphatic rings. The van der Waals surface area contributed by atoms with E-state index in [0.717, 1.165) is 12.8 Å². The predicted molar refractivity (Wildman–Crippen MR) is 41.0 cm³/mol. The quantitative estimate of drug-likeness (QED) is 0.596. The highest BCUT2D eigenvalue weighted by molar-refractivity contribution is 5.83. The Labute approximate surface area is 70.5 Å². The lowest BCUT2D eigenvalue weighted by Gasteiger charge is -2.24. The monoisotopic (exact) mass is 177 g/mol. The van der Waals surface area contributed by atoms with Crippen molar-refractivity contribution >= 4 is 5.91 Å². The number of nitrogens with zero attached hydrogens (tertiary/aromatic N) is 1. The zero-order valence-electron chi connectivity index (χ0n) is 7.31. The summed E-state index contributed by atoms with van der Waals surface area (Å²) in [6.45, 7) is 2.93. The van der Waals surface area contributed by atoms with Gasteiger partial charge in [-0.25, -0.2) is 0 Å². The maximum absolute atomic E-state index is 12.5. The van der Waals surface area contributed by atoms with Crippen molar-refractivity contribution in [2.45, 2.75) is 38.7 Å². The summed E-state index contributed by atoms with van der Waals surface area (Å²) in [4.78, 5) is 12.3. The van der Waals surface area contributed by atoms with Gasteiger partial charge in [-0.05, 0) is 19.8 Å². The van der Waals surface area contributed by atoms with E-state index in [1.807, 2.05) is 0 Å². The number of hydrogen-bond acceptors (Lipinski definition) is 1. The van der Waals surface area contributed by atoms with E-state index in [-0.39, 0.29) is 6.04 Å². The van der Waals surface area contributed by atoms with Gasteiger partial charge in [0.15, 0.2) is 0 Å². The van der Waals surface area contributed by atoms with E-state index in [4.69, 9.17) is 0 Å². The first-order valence-electron chi connectivity index (χ1n) is 4.12. The lowest BCUT2D eigenvalue weighted by molar-refractivity contribution is -0.155. The summed E-state index contributed by atoms with van der Waals surface area (Å²) in [5.41, 5.74) is 0. The fraction of sp³-hybridized carbons (Fsp3) is 0.875. The maximum Gasteiger partial charge on any atom is 0.322 e. The normalized spacial score (nSPS) is 24.7. The summed E-state index contributed by atoms with van der Waals surface area (Å²) in [6.07, 6.45) is 1.67. The Kier molecular flexibility index (Phi) is 2.35. The molecule has 0 aliphatic carbocycles. The number of likely N-dealkylation sites (tertiary alicyclic amines) is 1. The molecule has 1 atom stereocenters. The van der Waals surface area contributed by atoms with Crippen molar-refractivity contribution in [1.29, 1.82) is 0 Å². The first-order valence-corrected chi connectivity index (χ1v) is 4.12. The molecule has 0 bridgehead atoms. The van der Waals surface area contributed by atoms with E-state index in [1.165, 1.54) is 4.90 Å². The van der Waals surface area contributed by atoms with E-state index in [9.17, 15) is 13.6 Å². The Hall–Kier alpha value is -0.670. The van der Waals surface area contributed by atoms with Crippen LogP contribution in [0.1, 0.15) is 26.7 Å². The van der Waals surface area contributed by atoms with Crippen molar-refractivity contribution in [2.75, 3.05) is 6.54 Å². The molecule has 0 spiro atoms. The van der Waals surface area contributed by atoms with Crippen LogP contribution in [0, 0.1) is 0 Å². The predicted octanol–water partition coefficient (Wildman–Crippen LogP) is 1.65. The van der Waals surface area contributed by atoms with Gasteiger partial charge in [-0.2, -0.15) is 8.78 Å². The summed E-state index contributed by atoms with van der Waals surface area (Å²) in [5.74, 6) is -4.24. The van der Waals surface area contributed by atoms with Crippen molar-refractivity contribution in [3.05, 3.63) is 0 Å². The van der Waals surface area contributed by atoms with Crippen LogP contribution in [0.25, 0.3) is 0 Å². The van der Waals surface area contributed by atoms with E-state index < -0.39 is 11.8 Å². The summed E-state index contributed by atoms with van der Waals surface area (Å²) >= 11 is 0. The second-order valence-corrected chi connectivity index (χ2v) is 3.38. The molecule has 1 aliphatic heterocycles. The minimum absolute atomic E-state index is 0.0247. The number of carbonyl (C=O) groups excluding carboxylic acids is 1. The van der Waals surface area contributed by atoms with Gasteiger partial charge >= 0.3 is 5.92 Å². The molecule has 0 aromatic rings. The highest BCUT2D eigenvalue weighted by Gasteiger charge is 2.39. The number of halogens is 2. The number of alkyl halides is 2. The highest BCUT2D eigenvalue weighted by atomic mass is 19.3. The lowest BCUT2D eigenvalue weighted by Crippen LogP contribution is -2.43. The molecule has 1 unspecified atom stereocenters. The number of hydrogen-bond donors (Lipinski definition) is 0. The Morgan fingerprint density at radius 2 is 2.17 bits per heavy atom. The third kappa shape index (κ3) is 1.73. The van der Waals surface area contributed by atoms with Gasteiger partial charge < -0.3 is 4.90 Å². The Balaban J connectivity index is 2.64. The van der Waals surface area contributed by atoms with Crippen LogP contribution in [0.15, 0.2) is 0 Å². The van der Waals surface area contributed by atoms with E-state index in [1.54, 1.807) is 6.92 Å². The van der Waals surface area contributed by atoms with Crippen molar-refractivity contribution in [3.8, 4) is 0 Å². The summed E-state index contributed by atoms with van der Waals surface area (Å²) < 4.78 is 25.1. The third-order valence-corrected chi connectivity index (χ3v) is 2.19. The van der Waals surface area contributed by atoms with Crippen LogP contribution in [-0.2, 0) is 4.79 Å². The largest absolute Gasteiger partial charge is 0.335 e. The molecule has 4 heteroatoms. The average Bonchev–Trinajstić information content (AvgIpc) is 2.31. The fourth-order valence-electron chi connectivity index (χ4n) is 1.49. The summed E-state index contributed by atoms with van der Waals surface area (Å²) in [6, 6.07) is -0.0247. The molecule has 12 heavy (non-hydrogen) atoms. The fourth-order valence-corrected chi connectivity index (χ4v) is 1.49. The molecule has 0 aromatic heterocycles. The molecule has 0 radical (unpaired) electrons. The van der Waals surface area contributed by atoms with E-state index >= 15 is 0 Å². The molecule has 1 fully saturated rings. The molecule has 1 heterocycles. The van der Waals surface area contributed by atoms with Crippen LogP contribution in [-0.4, -0.2) is 29.3 Å². The van der Waals surface area contributed by atoms with Gasteiger partial charge in [-0.3, -0.25) is 4.79 Å². The summed E-state index contributed by atoms with van der Waals surface area (Å²) in [7, 11) is 0. The average molecular weight is 177 g/mol. The maximum atomic E-state index is 12.5. The van der Waals surface area contributed by atoms with Crippen molar-refractivity contribution in [2.24, 2.45) is 0 Å². The number of carbonyl (C=O) groups is 1. The molecule has 1 rings (SSSR count). The second kappa shape index (κ2) is 2.99. The molecular formula is C8H13F2NO. The molecule has 0 aromatic carbocycles. The molecule has 70 valence electrons. The minimum atomic E-state index is -3.21. The van der Waals surface area contributed by atoms with Crippen LogP contribution in [0.3, 0.4) is 0 Å². The standard InChI is InChI=1S/C8H13F2NO/c1-6-4-3-5-11(6)7(12)8(2,9)10/h6H,3-5H2,1-2H3. The van der Waals surface area contributed by atoms with Crippen LogP contribution < -0.4 is 0 Å². The molecule has 1 saturated heterocycles. The highest BCUT2D eigenvalue weighted by Crippen LogP contribution is 2.23. The van der Waals surface area contributed by atoms with Crippen molar-refractivity contribution < 1.29 is 13.6 Å². The van der Waals surface area contributed by atoms with Crippen LogP contribution in [0.2, 0.25) is 0 Å². The number of rotatable bonds is 1. The third-order valence-electron chi connectivity index (χ3n) is 2.19. The van der Waals surface area contributed by atoms with Gasteiger partial charge in [0.1, 0.15) is 0 Å². The van der Waals surface area contributed by atoms with Crippen LogP contribution in [0.4, 0.5) is 8.78 Å². The van der Waals surface area contributed by atoms with Gasteiger partial charge in [0.2, 0.25) is 0 Å². The molecule has 0 N–H and O–H groups in total. The Bertz CT molecular complexity index is 188. The van der Waals surface area contributed by atoms with E-state index in [0.29, 0.717) is 13.5 Å². The van der Waals surface area contributed by atoms with Gasteiger partial charge in [0.25, 0.3) is 5.91 Å². The topological polar surface area (TPSA) is 20.3 Å². The Morgan fingerprint density at radius 3 is 2.50 bits per heavy atom. The van der Waals surface area contributed by atoms with E-state index in [2.05, 4.69) is 0 Å². The SMILES string of the molecule is CC1CCCN1C(=O)C(C)(F)F. The zero-order chi connectivity index (χ0) is 9.35. The van der Waals surface area contributed by atoms with Crippen molar-refractivity contribution in [3.63, 3.8) is 0 Å². The second-order valence-electron chi connectivity index (χ2n) is 3.38. The van der Waals surface area contributed by atoms with Gasteiger partial charge in [-0.15, -0.1) is 0 Å². The lowest BCUT2D eigenvalue weighted by atomic mass is 10.2. The molecule has 0 saturated carbocycles. The number of amides is 1. The van der Waals surface area contributed by atoms with Gasteiger partial charge in [0.05, 0.1) is 0 Å². The van der Waals surface area contributed by atoms with Crippen molar-refractivity contribution in [1.82, 2.24) is 4.90 Å². The Morgan fingerprint density at radius 1 is 1.58 bits per heavy atom. The summed E-state index contributed by atoms with van der Waals surface area (Å²) in [5, 5.41) is 0.